The average molecular weight is 316 g/mol. The Morgan fingerprint density at radius 1 is 1.33 bits per heavy atom. The van der Waals surface area contributed by atoms with Gasteiger partial charge in [-0.1, -0.05) is 0 Å². The lowest BCUT2D eigenvalue weighted by Crippen LogP contribution is -2.44. The van der Waals surface area contributed by atoms with Gasteiger partial charge in [0.25, 0.3) is 5.91 Å². The van der Waals surface area contributed by atoms with Gasteiger partial charge in [-0.05, 0) is 43.7 Å². The highest BCUT2D eigenvalue weighted by Gasteiger charge is 2.10. The summed E-state index contributed by atoms with van der Waals surface area (Å²) in [5.41, 5.74) is 1.15. The van der Waals surface area contributed by atoms with Crippen LogP contribution in [0.3, 0.4) is 0 Å². The zero-order valence-electron chi connectivity index (χ0n) is 12.3. The molecule has 0 saturated carbocycles. The smallest absolute Gasteiger partial charge is 0.251 e. The molecule has 6 heteroatoms. The van der Waals surface area contributed by atoms with E-state index in [1.54, 1.807) is 13.0 Å². The first-order valence-electron chi connectivity index (χ1n) is 7.13. The lowest BCUT2D eigenvalue weighted by Gasteiger charge is -2.27. The molecule has 0 bridgehead atoms. The fraction of sp³-hybridized carbons (Fsp3) is 0.533. The van der Waals surface area contributed by atoms with Crippen molar-refractivity contribution in [2.45, 2.75) is 13.3 Å². The quantitative estimate of drug-likeness (QED) is 0.811. The fourth-order valence-electron chi connectivity index (χ4n) is 2.41. The maximum atomic E-state index is 13.2. The molecule has 1 heterocycles. The van der Waals surface area contributed by atoms with Gasteiger partial charge in [-0.3, -0.25) is 4.79 Å². The van der Waals surface area contributed by atoms with E-state index in [0.717, 1.165) is 44.7 Å². The average Bonchev–Trinajstić information content (AvgIpc) is 2.43. The summed E-state index contributed by atoms with van der Waals surface area (Å²) in [5, 5.41) is 6.15. The van der Waals surface area contributed by atoms with Crippen LogP contribution >= 0.6 is 12.4 Å². The van der Waals surface area contributed by atoms with Gasteiger partial charge in [0.1, 0.15) is 5.82 Å². The Morgan fingerprint density at radius 3 is 2.71 bits per heavy atom. The molecule has 0 spiro atoms. The van der Waals surface area contributed by atoms with Crippen molar-refractivity contribution >= 4 is 18.3 Å². The summed E-state index contributed by atoms with van der Waals surface area (Å²) in [5.74, 6) is -0.566. The van der Waals surface area contributed by atoms with Gasteiger partial charge in [0.05, 0.1) is 0 Å². The minimum absolute atomic E-state index is 0. The summed E-state index contributed by atoms with van der Waals surface area (Å²) < 4.78 is 13.2. The van der Waals surface area contributed by atoms with Gasteiger partial charge in [-0.25, -0.2) is 4.39 Å². The Kier molecular flexibility index (Phi) is 7.64. The van der Waals surface area contributed by atoms with Crippen LogP contribution in [0.1, 0.15) is 22.3 Å². The van der Waals surface area contributed by atoms with Crippen LogP contribution in [-0.4, -0.2) is 50.1 Å². The predicted octanol–water partition coefficient (Wildman–Crippen LogP) is 1.58. The summed E-state index contributed by atoms with van der Waals surface area (Å²) in [6, 6.07) is 4.40. The molecule has 2 N–H and O–H groups in total. The van der Waals surface area contributed by atoms with Gasteiger partial charge >= 0.3 is 0 Å². The molecule has 0 atom stereocenters. The topological polar surface area (TPSA) is 44.4 Å². The Labute approximate surface area is 131 Å². The number of carbonyl (C=O) groups excluding carboxylic acids is 1. The number of halogens is 2. The molecule has 1 saturated heterocycles. The van der Waals surface area contributed by atoms with Crippen LogP contribution in [-0.2, 0) is 0 Å². The number of carbonyl (C=O) groups is 1. The molecule has 118 valence electrons. The number of piperazine rings is 1. The summed E-state index contributed by atoms with van der Waals surface area (Å²) in [6.07, 6.45) is 0.917. The van der Waals surface area contributed by atoms with Crippen molar-refractivity contribution in [3.05, 3.63) is 35.1 Å². The molecule has 2 rings (SSSR count). The summed E-state index contributed by atoms with van der Waals surface area (Å²) in [4.78, 5) is 14.3. The fourth-order valence-corrected chi connectivity index (χ4v) is 2.41. The molecule has 1 amide bonds. The molecule has 4 nitrogen and oxygen atoms in total. The SMILES string of the molecule is Cc1cc(F)cc(C(=O)NCCCN2CCNCC2)c1.Cl. The van der Waals surface area contributed by atoms with E-state index in [4.69, 9.17) is 0 Å². The lowest BCUT2D eigenvalue weighted by molar-refractivity contribution is 0.0950. The maximum absolute atomic E-state index is 13.2. The second-order valence-corrected chi connectivity index (χ2v) is 5.22. The van der Waals surface area contributed by atoms with Gasteiger partial charge in [-0.15, -0.1) is 12.4 Å². The van der Waals surface area contributed by atoms with E-state index in [0.29, 0.717) is 12.1 Å². The third-order valence-corrected chi connectivity index (χ3v) is 3.45. The Balaban J connectivity index is 0.00000220. The van der Waals surface area contributed by atoms with Gasteiger partial charge in [-0.2, -0.15) is 0 Å². The summed E-state index contributed by atoms with van der Waals surface area (Å²) in [6.45, 7) is 7.60. The van der Waals surface area contributed by atoms with Crippen LogP contribution in [0.2, 0.25) is 0 Å². The largest absolute Gasteiger partial charge is 0.352 e. The Morgan fingerprint density at radius 2 is 2.05 bits per heavy atom. The molecule has 1 aliphatic rings. The third kappa shape index (κ3) is 5.99. The van der Waals surface area contributed by atoms with Crippen molar-refractivity contribution in [1.29, 1.82) is 0 Å². The van der Waals surface area contributed by atoms with E-state index in [2.05, 4.69) is 15.5 Å². The highest BCUT2D eigenvalue weighted by atomic mass is 35.5. The summed E-state index contributed by atoms with van der Waals surface area (Å²) in [7, 11) is 0. The molecule has 0 aromatic heterocycles. The molecule has 1 aliphatic heterocycles. The number of rotatable bonds is 5. The minimum atomic E-state index is -0.365. The van der Waals surface area contributed by atoms with Crippen LogP contribution in [0.4, 0.5) is 4.39 Å². The second kappa shape index (κ2) is 8.97. The molecule has 0 unspecified atom stereocenters. The van der Waals surface area contributed by atoms with Crippen LogP contribution in [0.5, 0.6) is 0 Å². The number of aryl methyl sites for hydroxylation is 1. The van der Waals surface area contributed by atoms with Crippen molar-refractivity contribution < 1.29 is 9.18 Å². The first-order valence-corrected chi connectivity index (χ1v) is 7.13. The Hall–Kier alpha value is -1.17. The third-order valence-electron chi connectivity index (χ3n) is 3.45. The maximum Gasteiger partial charge on any atom is 0.251 e. The van der Waals surface area contributed by atoms with Crippen LogP contribution in [0.25, 0.3) is 0 Å². The van der Waals surface area contributed by atoms with Crippen molar-refractivity contribution in [3.63, 3.8) is 0 Å². The van der Waals surface area contributed by atoms with E-state index in [1.165, 1.54) is 12.1 Å². The highest BCUT2D eigenvalue weighted by molar-refractivity contribution is 5.94. The van der Waals surface area contributed by atoms with Crippen LogP contribution < -0.4 is 10.6 Å². The van der Waals surface area contributed by atoms with Crippen molar-refractivity contribution in [2.75, 3.05) is 39.3 Å². The van der Waals surface area contributed by atoms with Crippen LogP contribution in [0.15, 0.2) is 18.2 Å². The predicted molar refractivity (Wildman–Crippen MR) is 84.6 cm³/mol. The summed E-state index contributed by atoms with van der Waals surface area (Å²) >= 11 is 0. The van der Waals surface area contributed by atoms with Crippen LogP contribution in [0, 0.1) is 12.7 Å². The number of nitrogens with one attached hydrogen (secondary N) is 2. The molecule has 0 aliphatic carbocycles. The van der Waals surface area contributed by atoms with Gasteiger partial charge in [0.2, 0.25) is 0 Å². The molecule has 21 heavy (non-hydrogen) atoms. The van der Waals surface area contributed by atoms with Gasteiger partial charge in [0.15, 0.2) is 0 Å². The number of amides is 1. The number of nitrogens with zero attached hydrogens (tertiary/aromatic N) is 1. The molecule has 0 radical (unpaired) electrons. The van der Waals surface area contributed by atoms with E-state index in [9.17, 15) is 9.18 Å². The molecule has 1 fully saturated rings. The minimum Gasteiger partial charge on any atom is -0.352 e. The standard InChI is InChI=1S/C15H22FN3O.ClH/c1-12-9-13(11-14(16)10-12)15(20)18-3-2-6-19-7-4-17-5-8-19;/h9-11,17H,2-8H2,1H3,(H,18,20);1H. The van der Waals surface area contributed by atoms with E-state index < -0.39 is 0 Å². The van der Waals surface area contributed by atoms with E-state index in [-0.39, 0.29) is 24.1 Å². The first-order chi connectivity index (χ1) is 9.65. The molecule has 1 aromatic carbocycles. The normalized spacial score (nSPS) is 15.3. The molecule has 1 aromatic rings. The zero-order chi connectivity index (χ0) is 14.4. The van der Waals surface area contributed by atoms with E-state index >= 15 is 0 Å². The number of hydrogen-bond acceptors (Lipinski definition) is 3. The molecular weight excluding hydrogens is 293 g/mol. The number of hydrogen-bond donors (Lipinski definition) is 2. The monoisotopic (exact) mass is 315 g/mol. The highest BCUT2D eigenvalue weighted by Crippen LogP contribution is 2.08. The number of benzene rings is 1. The Bertz CT molecular complexity index is 444. The van der Waals surface area contributed by atoms with Crippen molar-refractivity contribution in [3.8, 4) is 0 Å². The first kappa shape index (κ1) is 17.9. The van der Waals surface area contributed by atoms with E-state index in [1.807, 2.05) is 0 Å². The van der Waals surface area contributed by atoms with Gasteiger partial charge < -0.3 is 15.5 Å². The van der Waals surface area contributed by atoms with Gasteiger partial charge in [0, 0.05) is 38.3 Å². The van der Waals surface area contributed by atoms with Crippen molar-refractivity contribution in [1.82, 2.24) is 15.5 Å². The second-order valence-electron chi connectivity index (χ2n) is 5.22. The molecular formula is C15H23ClFN3O. The zero-order valence-corrected chi connectivity index (χ0v) is 13.1. The lowest BCUT2D eigenvalue weighted by atomic mass is 10.1. The van der Waals surface area contributed by atoms with Crippen molar-refractivity contribution in [2.24, 2.45) is 0 Å².